The second-order valence-corrected chi connectivity index (χ2v) is 4.15. The van der Waals surface area contributed by atoms with E-state index in [2.05, 4.69) is 5.32 Å². The van der Waals surface area contributed by atoms with Crippen LogP contribution in [0.15, 0.2) is 34.7 Å². The van der Waals surface area contributed by atoms with Gasteiger partial charge in [0.2, 0.25) is 0 Å². The molecule has 0 aliphatic carbocycles. The molecule has 0 aliphatic rings. The molecule has 1 aromatic heterocycles. The van der Waals surface area contributed by atoms with Crippen molar-refractivity contribution in [3.05, 3.63) is 47.4 Å². The predicted molar refractivity (Wildman–Crippen MR) is 67.7 cm³/mol. The molecule has 0 unspecified atom stereocenters. The summed E-state index contributed by atoms with van der Waals surface area (Å²) >= 11 is 0. The number of alkyl halides is 3. The number of rotatable bonds is 3. The molecule has 0 saturated heterocycles. The van der Waals surface area contributed by atoms with Crippen LogP contribution in [0, 0.1) is 0 Å². The zero-order valence-electron chi connectivity index (χ0n) is 10.6. The number of nitrogens with one attached hydrogen (secondary N) is 1. The topological polar surface area (TPSA) is 88.5 Å². The molecule has 112 valence electrons. The van der Waals surface area contributed by atoms with E-state index < -0.39 is 23.4 Å². The van der Waals surface area contributed by atoms with E-state index in [1.165, 1.54) is 12.1 Å². The van der Waals surface area contributed by atoms with E-state index in [1.54, 1.807) is 0 Å². The highest BCUT2D eigenvalue weighted by Gasteiger charge is 2.31. The Morgan fingerprint density at radius 2 is 2.00 bits per heavy atom. The summed E-state index contributed by atoms with van der Waals surface area (Å²) in [4.78, 5) is 11.8. The Morgan fingerprint density at radius 1 is 1.29 bits per heavy atom. The van der Waals surface area contributed by atoms with Crippen LogP contribution in [0.2, 0.25) is 0 Å². The lowest BCUT2D eigenvalue weighted by Gasteiger charge is -2.10. The fraction of sp³-hybridized carbons (Fsp3) is 0.154. The molecule has 4 N–H and O–H groups in total. The van der Waals surface area contributed by atoms with Gasteiger partial charge < -0.3 is 20.6 Å². The number of carbonyl (C=O) groups is 1. The van der Waals surface area contributed by atoms with Crippen LogP contribution in [0.5, 0.6) is 5.75 Å². The largest absolute Gasteiger partial charge is 0.506 e. The molecule has 5 nitrogen and oxygen atoms in total. The standard InChI is InChI=1S/C13H11F3N2O3/c14-13(15,16)7-1-3-10(19)9(5-7)18-12(20)11-4-2-8(6-17)21-11/h1-5,19H,6,17H2,(H,18,20). The molecule has 2 rings (SSSR count). The lowest BCUT2D eigenvalue weighted by molar-refractivity contribution is -0.137. The number of carbonyl (C=O) groups excluding carboxylic acids is 1. The molecule has 0 radical (unpaired) electrons. The Hall–Kier alpha value is -2.48. The lowest BCUT2D eigenvalue weighted by atomic mass is 10.1. The van der Waals surface area contributed by atoms with Crippen LogP contribution in [0.25, 0.3) is 0 Å². The summed E-state index contributed by atoms with van der Waals surface area (Å²) in [5, 5.41) is 11.7. The van der Waals surface area contributed by atoms with Gasteiger partial charge in [-0.2, -0.15) is 13.2 Å². The van der Waals surface area contributed by atoms with Gasteiger partial charge in [-0.25, -0.2) is 0 Å². The Morgan fingerprint density at radius 3 is 2.57 bits per heavy atom. The van der Waals surface area contributed by atoms with Gasteiger partial charge in [-0.05, 0) is 30.3 Å². The zero-order valence-corrected chi connectivity index (χ0v) is 10.6. The minimum absolute atomic E-state index is 0.0854. The molecular formula is C13H11F3N2O3. The smallest absolute Gasteiger partial charge is 0.416 e. The second kappa shape index (κ2) is 5.49. The van der Waals surface area contributed by atoms with Gasteiger partial charge in [-0.3, -0.25) is 4.79 Å². The maximum absolute atomic E-state index is 12.6. The summed E-state index contributed by atoms with van der Waals surface area (Å²) in [5.74, 6) is -1.04. The third-order valence-electron chi connectivity index (χ3n) is 2.66. The van der Waals surface area contributed by atoms with Crippen molar-refractivity contribution in [1.29, 1.82) is 0 Å². The lowest BCUT2D eigenvalue weighted by Crippen LogP contribution is -2.12. The van der Waals surface area contributed by atoms with Crippen LogP contribution in [0.4, 0.5) is 18.9 Å². The summed E-state index contributed by atoms with van der Waals surface area (Å²) in [5.41, 5.74) is 3.97. The van der Waals surface area contributed by atoms with Crippen molar-refractivity contribution in [2.75, 3.05) is 5.32 Å². The van der Waals surface area contributed by atoms with Crippen molar-refractivity contribution in [3.8, 4) is 5.75 Å². The molecule has 0 aliphatic heterocycles. The Balaban J connectivity index is 2.24. The maximum Gasteiger partial charge on any atom is 0.416 e. The summed E-state index contributed by atoms with van der Waals surface area (Å²) in [7, 11) is 0. The molecule has 1 aromatic carbocycles. The van der Waals surface area contributed by atoms with Crippen molar-refractivity contribution in [3.63, 3.8) is 0 Å². The fourth-order valence-corrected chi connectivity index (χ4v) is 1.61. The first-order valence-electron chi connectivity index (χ1n) is 5.81. The predicted octanol–water partition coefficient (Wildman–Crippen LogP) is 2.72. The van der Waals surface area contributed by atoms with Crippen LogP contribution in [0.1, 0.15) is 21.9 Å². The third-order valence-corrected chi connectivity index (χ3v) is 2.66. The molecule has 1 heterocycles. The van der Waals surface area contributed by atoms with Crippen LogP contribution in [0.3, 0.4) is 0 Å². The molecule has 0 spiro atoms. The van der Waals surface area contributed by atoms with Crippen LogP contribution in [-0.4, -0.2) is 11.0 Å². The van der Waals surface area contributed by atoms with Crippen molar-refractivity contribution in [1.82, 2.24) is 0 Å². The summed E-state index contributed by atoms with van der Waals surface area (Å²) in [6.07, 6.45) is -4.58. The summed E-state index contributed by atoms with van der Waals surface area (Å²) in [6, 6.07) is 5.01. The number of hydrogen-bond donors (Lipinski definition) is 3. The summed E-state index contributed by atoms with van der Waals surface area (Å²) in [6.45, 7) is 0.0854. The minimum Gasteiger partial charge on any atom is -0.506 e. The maximum atomic E-state index is 12.6. The van der Waals surface area contributed by atoms with Crippen molar-refractivity contribution >= 4 is 11.6 Å². The van der Waals surface area contributed by atoms with E-state index in [4.69, 9.17) is 10.2 Å². The second-order valence-electron chi connectivity index (χ2n) is 4.15. The zero-order chi connectivity index (χ0) is 15.6. The van der Waals surface area contributed by atoms with Gasteiger partial charge in [0.05, 0.1) is 17.8 Å². The normalized spacial score (nSPS) is 11.4. The highest BCUT2D eigenvalue weighted by molar-refractivity contribution is 6.03. The monoisotopic (exact) mass is 300 g/mol. The van der Waals surface area contributed by atoms with E-state index in [1.807, 2.05) is 0 Å². The molecule has 8 heteroatoms. The van der Waals surface area contributed by atoms with Crippen LogP contribution < -0.4 is 11.1 Å². The quantitative estimate of drug-likeness (QED) is 0.760. The molecule has 0 saturated carbocycles. The van der Waals surface area contributed by atoms with Crippen molar-refractivity contribution < 1.29 is 27.5 Å². The molecule has 0 fully saturated rings. The number of phenolic OH excluding ortho intramolecular Hbond substituents is 1. The van der Waals surface area contributed by atoms with Crippen LogP contribution >= 0.6 is 0 Å². The molecule has 0 atom stereocenters. The average molecular weight is 300 g/mol. The number of furan rings is 1. The Labute approximate surface area is 117 Å². The number of amides is 1. The highest BCUT2D eigenvalue weighted by atomic mass is 19.4. The SMILES string of the molecule is NCc1ccc(C(=O)Nc2cc(C(F)(F)F)ccc2O)o1. The summed E-state index contributed by atoms with van der Waals surface area (Å²) < 4.78 is 42.8. The number of phenols is 1. The van der Waals surface area contributed by atoms with E-state index in [9.17, 15) is 23.1 Å². The highest BCUT2D eigenvalue weighted by Crippen LogP contribution is 2.34. The number of hydrogen-bond acceptors (Lipinski definition) is 4. The molecule has 21 heavy (non-hydrogen) atoms. The van der Waals surface area contributed by atoms with E-state index in [-0.39, 0.29) is 18.0 Å². The van der Waals surface area contributed by atoms with Gasteiger partial charge in [-0.15, -0.1) is 0 Å². The molecule has 1 amide bonds. The van der Waals surface area contributed by atoms with Crippen LogP contribution in [-0.2, 0) is 12.7 Å². The minimum atomic E-state index is -4.58. The van der Waals surface area contributed by atoms with Gasteiger partial charge in [-0.1, -0.05) is 0 Å². The van der Waals surface area contributed by atoms with E-state index >= 15 is 0 Å². The third kappa shape index (κ3) is 3.34. The average Bonchev–Trinajstić information content (AvgIpc) is 2.88. The van der Waals surface area contributed by atoms with Crippen molar-refractivity contribution in [2.24, 2.45) is 5.73 Å². The number of benzene rings is 1. The van der Waals surface area contributed by atoms with Gasteiger partial charge in [0.25, 0.3) is 5.91 Å². The number of anilines is 1. The first-order valence-corrected chi connectivity index (χ1v) is 5.81. The van der Waals surface area contributed by atoms with Gasteiger partial charge in [0.1, 0.15) is 11.5 Å². The molecule has 0 bridgehead atoms. The van der Waals surface area contributed by atoms with Gasteiger partial charge >= 0.3 is 6.18 Å². The molecule has 2 aromatic rings. The van der Waals surface area contributed by atoms with Gasteiger partial charge in [0, 0.05) is 0 Å². The Kier molecular flexibility index (Phi) is 3.90. The van der Waals surface area contributed by atoms with E-state index in [0.717, 1.165) is 6.07 Å². The first-order chi connectivity index (χ1) is 9.81. The number of aromatic hydroxyl groups is 1. The van der Waals surface area contributed by atoms with Gasteiger partial charge in [0.15, 0.2) is 5.76 Å². The fourth-order valence-electron chi connectivity index (χ4n) is 1.61. The van der Waals surface area contributed by atoms with Crippen molar-refractivity contribution in [2.45, 2.75) is 12.7 Å². The first kappa shape index (κ1) is 14.9. The number of halogens is 3. The Bertz CT molecular complexity index is 665. The number of nitrogens with two attached hydrogens (primary N) is 1. The molecular weight excluding hydrogens is 289 g/mol. The van der Waals surface area contributed by atoms with E-state index in [0.29, 0.717) is 17.9 Å².